The maximum absolute atomic E-state index is 4.95. The summed E-state index contributed by atoms with van der Waals surface area (Å²) in [6.45, 7) is 4.54. The molecule has 0 aliphatic heterocycles. The Morgan fingerprint density at radius 3 is 2.85 bits per heavy atom. The summed E-state index contributed by atoms with van der Waals surface area (Å²) in [7, 11) is 1.66. The molecule has 0 saturated heterocycles. The molecule has 1 aromatic rings. The van der Waals surface area contributed by atoms with E-state index < -0.39 is 0 Å². The molecular weight excluding hydrogens is 186 g/mol. The molecule has 13 heavy (non-hydrogen) atoms. The maximum atomic E-state index is 4.95. The van der Waals surface area contributed by atoms with Crippen molar-refractivity contribution in [2.24, 2.45) is 0 Å². The third-order valence-electron chi connectivity index (χ3n) is 1.48. The van der Waals surface area contributed by atoms with E-state index in [1.807, 2.05) is 0 Å². The minimum atomic E-state index is 0.561. The monoisotopic (exact) mass is 201 g/mol. The van der Waals surface area contributed by atoms with Crippen LogP contribution in [0.25, 0.3) is 0 Å². The van der Waals surface area contributed by atoms with Crippen LogP contribution in [0.1, 0.15) is 23.4 Å². The standard InChI is InChI=1S/C8H15N3OS/c1-3-4-9-5-7-10-11-8(13-7)6-12-2/h9H,3-6H2,1-2H3. The SMILES string of the molecule is CCCNCc1nnc(COC)s1. The molecule has 1 rings (SSSR count). The Kier molecular flexibility index (Phi) is 4.88. The first kappa shape index (κ1) is 10.6. The predicted octanol–water partition coefficient (Wildman–Crippen LogP) is 1.18. The Bertz CT molecular complexity index is 239. The predicted molar refractivity (Wildman–Crippen MR) is 52.6 cm³/mol. The average molecular weight is 201 g/mol. The van der Waals surface area contributed by atoms with E-state index in [0.717, 1.165) is 29.5 Å². The molecule has 0 aliphatic rings. The summed E-state index contributed by atoms with van der Waals surface area (Å²) < 4.78 is 4.95. The number of nitrogens with one attached hydrogen (secondary N) is 1. The van der Waals surface area contributed by atoms with Gasteiger partial charge in [0.2, 0.25) is 0 Å². The lowest BCUT2D eigenvalue weighted by Crippen LogP contribution is -2.13. The van der Waals surface area contributed by atoms with Crippen molar-refractivity contribution >= 4 is 11.3 Å². The van der Waals surface area contributed by atoms with Crippen LogP contribution in [-0.2, 0) is 17.9 Å². The zero-order valence-electron chi connectivity index (χ0n) is 8.04. The van der Waals surface area contributed by atoms with Gasteiger partial charge in [-0.3, -0.25) is 0 Å². The highest BCUT2D eigenvalue weighted by Crippen LogP contribution is 2.09. The van der Waals surface area contributed by atoms with Crippen LogP contribution in [0.3, 0.4) is 0 Å². The van der Waals surface area contributed by atoms with Gasteiger partial charge in [0.05, 0.1) is 6.61 Å². The van der Waals surface area contributed by atoms with Crippen molar-refractivity contribution in [2.75, 3.05) is 13.7 Å². The summed E-state index contributed by atoms with van der Waals surface area (Å²) in [5.74, 6) is 0. The van der Waals surface area contributed by atoms with E-state index in [9.17, 15) is 0 Å². The third kappa shape index (κ3) is 3.80. The van der Waals surface area contributed by atoms with Crippen LogP contribution in [0.5, 0.6) is 0 Å². The summed E-state index contributed by atoms with van der Waals surface area (Å²) >= 11 is 1.60. The van der Waals surface area contributed by atoms with Crippen LogP contribution in [0.4, 0.5) is 0 Å². The molecule has 0 fully saturated rings. The van der Waals surface area contributed by atoms with Gasteiger partial charge in [-0.2, -0.15) is 0 Å². The van der Waals surface area contributed by atoms with E-state index in [1.54, 1.807) is 18.4 Å². The summed E-state index contributed by atoms with van der Waals surface area (Å²) in [6, 6.07) is 0. The van der Waals surface area contributed by atoms with Crippen molar-refractivity contribution in [1.29, 1.82) is 0 Å². The number of nitrogens with zero attached hydrogens (tertiary/aromatic N) is 2. The van der Waals surface area contributed by atoms with Gasteiger partial charge in [0.25, 0.3) is 0 Å². The van der Waals surface area contributed by atoms with Gasteiger partial charge in [-0.1, -0.05) is 18.3 Å². The normalized spacial score (nSPS) is 10.6. The summed E-state index contributed by atoms with van der Waals surface area (Å²) in [5.41, 5.74) is 0. The lowest BCUT2D eigenvalue weighted by Gasteiger charge is -1.96. The van der Waals surface area contributed by atoms with Crippen molar-refractivity contribution in [3.05, 3.63) is 10.0 Å². The van der Waals surface area contributed by atoms with Crippen molar-refractivity contribution in [2.45, 2.75) is 26.5 Å². The minimum Gasteiger partial charge on any atom is -0.377 e. The molecule has 1 N–H and O–H groups in total. The number of hydrogen-bond acceptors (Lipinski definition) is 5. The second-order valence-electron chi connectivity index (χ2n) is 2.70. The van der Waals surface area contributed by atoms with Crippen LogP contribution in [-0.4, -0.2) is 23.9 Å². The molecule has 0 amide bonds. The van der Waals surface area contributed by atoms with E-state index in [0.29, 0.717) is 6.61 Å². The van der Waals surface area contributed by atoms with Crippen LogP contribution < -0.4 is 5.32 Å². The molecule has 0 atom stereocenters. The Hall–Kier alpha value is -0.520. The maximum Gasteiger partial charge on any atom is 0.143 e. The first-order valence-corrected chi connectivity index (χ1v) is 5.19. The molecule has 0 saturated carbocycles. The Morgan fingerprint density at radius 1 is 1.38 bits per heavy atom. The molecule has 4 nitrogen and oxygen atoms in total. The van der Waals surface area contributed by atoms with Crippen molar-refractivity contribution in [3.63, 3.8) is 0 Å². The highest BCUT2D eigenvalue weighted by atomic mass is 32.1. The van der Waals surface area contributed by atoms with Crippen LogP contribution in [0.2, 0.25) is 0 Å². The second-order valence-corrected chi connectivity index (χ2v) is 3.85. The Labute approximate surface area is 82.3 Å². The minimum absolute atomic E-state index is 0.561. The molecule has 0 aromatic carbocycles. The van der Waals surface area contributed by atoms with Gasteiger partial charge in [-0.15, -0.1) is 10.2 Å². The van der Waals surface area contributed by atoms with Crippen LogP contribution in [0.15, 0.2) is 0 Å². The molecule has 0 unspecified atom stereocenters. The van der Waals surface area contributed by atoms with Crippen LogP contribution in [0, 0.1) is 0 Å². The van der Waals surface area contributed by atoms with Gasteiger partial charge < -0.3 is 10.1 Å². The van der Waals surface area contributed by atoms with Gasteiger partial charge >= 0.3 is 0 Å². The zero-order valence-corrected chi connectivity index (χ0v) is 8.86. The quantitative estimate of drug-likeness (QED) is 0.702. The van der Waals surface area contributed by atoms with Crippen molar-refractivity contribution in [1.82, 2.24) is 15.5 Å². The van der Waals surface area contributed by atoms with Crippen LogP contribution >= 0.6 is 11.3 Å². The lowest BCUT2D eigenvalue weighted by molar-refractivity contribution is 0.184. The number of aromatic nitrogens is 2. The molecule has 1 heterocycles. The Morgan fingerprint density at radius 2 is 2.15 bits per heavy atom. The first-order chi connectivity index (χ1) is 6.36. The van der Waals surface area contributed by atoms with Gasteiger partial charge in [0, 0.05) is 13.7 Å². The fraction of sp³-hybridized carbons (Fsp3) is 0.750. The molecule has 0 radical (unpaired) electrons. The number of hydrogen-bond donors (Lipinski definition) is 1. The molecule has 5 heteroatoms. The van der Waals surface area contributed by atoms with Crippen molar-refractivity contribution in [3.8, 4) is 0 Å². The number of ether oxygens (including phenoxy) is 1. The Balaban J connectivity index is 2.31. The van der Waals surface area contributed by atoms with Gasteiger partial charge in [0.1, 0.15) is 10.0 Å². The fourth-order valence-corrected chi connectivity index (χ4v) is 1.70. The summed E-state index contributed by atoms with van der Waals surface area (Å²) in [5, 5.41) is 13.3. The molecule has 0 bridgehead atoms. The van der Waals surface area contributed by atoms with Gasteiger partial charge in [0.15, 0.2) is 0 Å². The average Bonchev–Trinajstić information content (AvgIpc) is 2.54. The largest absolute Gasteiger partial charge is 0.377 e. The number of methoxy groups -OCH3 is 1. The first-order valence-electron chi connectivity index (χ1n) is 4.37. The highest BCUT2D eigenvalue weighted by molar-refractivity contribution is 7.11. The van der Waals surface area contributed by atoms with E-state index in [4.69, 9.17) is 4.74 Å². The smallest absolute Gasteiger partial charge is 0.143 e. The van der Waals surface area contributed by atoms with Crippen molar-refractivity contribution < 1.29 is 4.74 Å². The van der Waals surface area contributed by atoms with E-state index in [2.05, 4.69) is 22.4 Å². The molecule has 74 valence electrons. The van der Waals surface area contributed by atoms with Gasteiger partial charge in [-0.05, 0) is 13.0 Å². The zero-order chi connectivity index (χ0) is 9.52. The molecular formula is C8H15N3OS. The highest BCUT2D eigenvalue weighted by Gasteiger charge is 2.02. The molecule has 0 spiro atoms. The molecule has 0 aliphatic carbocycles. The lowest BCUT2D eigenvalue weighted by atomic mass is 10.5. The summed E-state index contributed by atoms with van der Waals surface area (Å²) in [6.07, 6.45) is 1.14. The van der Waals surface area contributed by atoms with E-state index in [-0.39, 0.29) is 0 Å². The number of rotatable bonds is 6. The summed E-state index contributed by atoms with van der Waals surface area (Å²) in [4.78, 5) is 0. The van der Waals surface area contributed by atoms with Gasteiger partial charge in [-0.25, -0.2) is 0 Å². The topological polar surface area (TPSA) is 47.0 Å². The second kappa shape index (κ2) is 6.01. The van der Waals surface area contributed by atoms with E-state index in [1.165, 1.54) is 0 Å². The third-order valence-corrected chi connectivity index (χ3v) is 2.38. The molecule has 1 aromatic heterocycles. The van der Waals surface area contributed by atoms with E-state index >= 15 is 0 Å². The fourth-order valence-electron chi connectivity index (χ4n) is 0.914.